The van der Waals surface area contributed by atoms with Gasteiger partial charge in [-0.1, -0.05) is 29.8 Å². The molecule has 1 heterocycles. The monoisotopic (exact) mass is 449 g/mol. The lowest BCUT2D eigenvalue weighted by atomic mass is 10.2. The van der Waals surface area contributed by atoms with Crippen LogP contribution in [-0.2, 0) is 10.0 Å². The van der Waals surface area contributed by atoms with Gasteiger partial charge in [-0.25, -0.2) is 8.42 Å². The van der Waals surface area contributed by atoms with Gasteiger partial charge in [-0.15, -0.1) is 11.3 Å². The fraction of sp³-hybridized carbons (Fsp3) is 0.0526. The van der Waals surface area contributed by atoms with Gasteiger partial charge < -0.3 is 0 Å². The second-order valence-corrected chi connectivity index (χ2v) is 9.31. The lowest BCUT2D eigenvalue weighted by Gasteiger charge is -2.11. The average molecular weight is 450 g/mol. The van der Waals surface area contributed by atoms with Gasteiger partial charge in [0.15, 0.2) is 0 Å². The zero-order valence-corrected chi connectivity index (χ0v) is 17.5. The van der Waals surface area contributed by atoms with Gasteiger partial charge in [0.25, 0.3) is 21.8 Å². The second-order valence-electron chi connectivity index (χ2n) is 5.93. The summed E-state index contributed by atoms with van der Waals surface area (Å²) in [6.45, 7) is 1.86. The molecular weight excluding hydrogens is 434 g/mol. The molecule has 0 aliphatic heterocycles. The number of benzene rings is 2. The molecule has 2 amide bonds. The highest BCUT2D eigenvalue weighted by atomic mass is 35.5. The van der Waals surface area contributed by atoms with E-state index in [0.29, 0.717) is 4.88 Å². The first kappa shape index (κ1) is 20.8. The summed E-state index contributed by atoms with van der Waals surface area (Å²) in [7, 11) is -3.96. The summed E-state index contributed by atoms with van der Waals surface area (Å²) in [5.41, 5.74) is 4.87. The Hall–Kier alpha value is -2.88. The summed E-state index contributed by atoms with van der Waals surface area (Å²) in [6, 6.07) is 15.3. The molecule has 0 fully saturated rings. The van der Waals surface area contributed by atoms with Crippen molar-refractivity contribution >= 4 is 50.5 Å². The number of anilines is 1. The number of rotatable bonds is 5. The molecule has 0 aliphatic rings. The lowest BCUT2D eigenvalue weighted by molar-refractivity contribution is 0.0849. The smallest absolute Gasteiger partial charge is 0.278 e. The number of carbonyl (C=O) groups excluding carboxylic acids is 2. The Balaban J connectivity index is 1.72. The van der Waals surface area contributed by atoms with Crippen molar-refractivity contribution in [1.29, 1.82) is 0 Å². The van der Waals surface area contributed by atoms with Gasteiger partial charge in [0.1, 0.15) is 0 Å². The predicted octanol–water partition coefficient (Wildman–Crippen LogP) is 3.59. The molecule has 0 saturated heterocycles. The molecule has 10 heteroatoms. The number of amides is 2. The summed E-state index contributed by atoms with van der Waals surface area (Å²) >= 11 is 7.28. The zero-order chi connectivity index (χ0) is 21.0. The third kappa shape index (κ3) is 5.14. The average Bonchev–Trinajstić information content (AvgIpc) is 3.14. The van der Waals surface area contributed by atoms with Crippen molar-refractivity contribution in [2.24, 2.45) is 0 Å². The molecule has 29 heavy (non-hydrogen) atoms. The van der Waals surface area contributed by atoms with E-state index in [1.54, 1.807) is 30.3 Å². The molecule has 0 radical (unpaired) electrons. The van der Waals surface area contributed by atoms with E-state index in [2.05, 4.69) is 15.6 Å². The van der Waals surface area contributed by atoms with Crippen molar-refractivity contribution in [1.82, 2.24) is 10.9 Å². The van der Waals surface area contributed by atoms with Crippen LogP contribution in [-0.4, -0.2) is 20.2 Å². The largest absolute Gasteiger partial charge is 0.279 e. The number of halogens is 1. The van der Waals surface area contributed by atoms with E-state index in [1.807, 2.05) is 6.92 Å². The van der Waals surface area contributed by atoms with Gasteiger partial charge in [0.2, 0.25) is 0 Å². The molecule has 1 aromatic heterocycles. The Kier molecular flexibility index (Phi) is 6.21. The molecule has 3 N–H and O–H groups in total. The van der Waals surface area contributed by atoms with Gasteiger partial charge in [-0.05, 0) is 49.4 Å². The van der Waals surface area contributed by atoms with Crippen molar-refractivity contribution in [3.63, 3.8) is 0 Å². The molecule has 0 bridgehead atoms. The van der Waals surface area contributed by atoms with Crippen molar-refractivity contribution < 1.29 is 18.0 Å². The molecule has 3 rings (SSSR count). The highest BCUT2D eigenvalue weighted by Crippen LogP contribution is 2.24. The number of sulfonamides is 1. The molecular formula is C19H16ClN3O4S2. The summed E-state index contributed by atoms with van der Waals surface area (Å²) in [6.07, 6.45) is 0. The SMILES string of the molecule is Cc1ccc(C(=O)NNC(=O)c2cccc(S(=O)(=O)Nc3ccccc3Cl)c2)s1. The lowest BCUT2D eigenvalue weighted by Crippen LogP contribution is -2.41. The molecule has 0 spiro atoms. The Bertz CT molecular complexity index is 1180. The number of hydrogen-bond acceptors (Lipinski definition) is 5. The van der Waals surface area contributed by atoms with Gasteiger partial charge in [0.05, 0.1) is 20.5 Å². The van der Waals surface area contributed by atoms with E-state index in [4.69, 9.17) is 11.6 Å². The predicted molar refractivity (Wildman–Crippen MR) is 113 cm³/mol. The molecule has 0 atom stereocenters. The third-order valence-electron chi connectivity index (χ3n) is 3.78. The summed E-state index contributed by atoms with van der Waals surface area (Å²) in [5.74, 6) is -1.11. The van der Waals surface area contributed by atoms with E-state index in [1.165, 1.54) is 41.7 Å². The minimum absolute atomic E-state index is 0.0645. The number of thiophene rings is 1. The minimum atomic E-state index is -3.96. The van der Waals surface area contributed by atoms with Crippen LogP contribution in [0.1, 0.15) is 24.9 Å². The molecule has 0 saturated carbocycles. The minimum Gasteiger partial charge on any atom is -0.278 e. The molecule has 150 valence electrons. The van der Waals surface area contributed by atoms with E-state index in [0.717, 1.165) is 4.88 Å². The summed E-state index contributed by atoms with van der Waals surface area (Å²) < 4.78 is 27.6. The number of para-hydroxylation sites is 1. The van der Waals surface area contributed by atoms with Crippen molar-refractivity contribution in [2.75, 3.05) is 4.72 Å². The van der Waals surface area contributed by atoms with Gasteiger partial charge in [-0.2, -0.15) is 0 Å². The topological polar surface area (TPSA) is 104 Å². The maximum Gasteiger partial charge on any atom is 0.279 e. The summed E-state index contributed by atoms with van der Waals surface area (Å²) in [5, 5.41) is 0.247. The van der Waals surface area contributed by atoms with Crippen LogP contribution in [0.3, 0.4) is 0 Å². The maximum absolute atomic E-state index is 12.6. The Morgan fingerprint density at radius 2 is 1.66 bits per heavy atom. The van der Waals surface area contributed by atoms with Crippen LogP contribution in [0.5, 0.6) is 0 Å². The Morgan fingerprint density at radius 3 is 2.34 bits per heavy atom. The third-order valence-corrected chi connectivity index (χ3v) is 6.47. The van der Waals surface area contributed by atoms with E-state index in [9.17, 15) is 18.0 Å². The number of aryl methyl sites for hydroxylation is 1. The molecule has 0 unspecified atom stereocenters. The standard InChI is InChI=1S/C19H16ClN3O4S2/c1-12-9-10-17(28-12)19(25)22-21-18(24)13-5-4-6-14(11-13)29(26,27)23-16-8-3-2-7-15(16)20/h2-11,23H,1H3,(H,21,24)(H,22,25). The highest BCUT2D eigenvalue weighted by Gasteiger charge is 2.18. The van der Waals surface area contributed by atoms with Crippen LogP contribution in [0.25, 0.3) is 0 Å². The van der Waals surface area contributed by atoms with E-state index < -0.39 is 21.8 Å². The maximum atomic E-state index is 12.6. The fourth-order valence-corrected chi connectivity index (χ4v) is 4.48. The van der Waals surface area contributed by atoms with Gasteiger partial charge >= 0.3 is 0 Å². The van der Waals surface area contributed by atoms with Crippen LogP contribution in [0, 0.1) is 6.92 Å². The van der Waals surface area contributed by atoms with Crippen molar-refractivity contribution in [3.8, 4) is 0 Å². The quantitative estimate of drug-likeness (QED) is 0.518. The van der Waals surface area contributed by atoms with Crippen LogP contribution in [0.15, 0.2) is 65.6 Å². The van der Waals surface area contributed by atoms with E-state index in [-0.39, 0.29) is 21.2 Å². The van der Waals surface area contributed by atoms with E-state index >= 15 is 0 Å². The molecule has 2 aromatic carbocycles. The van der Waals surface area contributed by atoms with Crippen LogP contribution in [0.4, 0.5) is 5.69 Å². The molecule has 3 aromatic rings. The first-order valence-electron chi connectivity index (χ1n) is 8.31. The number of hydrazine groups is 1. The fourth-order valence-electron chi connectivity index (χ4n) is 2.36. The van der Waals surface area contributed by atoms with Gasteiger partial charge in [-0.3, -0.25) is 25.2 Å². The Morgan fingerprint density at radius 1 is 0.931 bits per heavy atom. The Labute approximate surface area is 176 Å². The van der Waals surface area contributed by atoms with Crippen LogP contribution in [0.2, 0.25) is 5.02 Å². The first-order chi connectivity index (χ1) is 13.8. The number of nitrogens with one attached hydrogen (secondary N) is 3. The van der Waals surface area contributed by atoms with Crippen LogP contribution >= 0.6 is 22.9 Å². The van der Waals surface area contributed by atoms with Crippen molar-refractivity contribution in [3.05, 3.63) is 81.0 Å². The van der Waals surface area contributed by atoms with Crippen molar-refractivity contribution in [2.45, 2.75) is 11.8 Å². The molecule has 7 nitrogen and oxygen atoms in total. The first-order valence-corrected chi connectivity index (χ1v) is 11.0. The molecule has 0 aliphatic carbocycles. The normalized spacial score (nSPS) is 11.0. The number of hydrogen-bond donors (Lipinski definition) is 3. The number of carbonyl (C=O) groups is 2. The second kappa shape index (κ2) is 8.64. The van der Waals surface area contributed by atoms with Crippen LogP contribution < -0.4 is 15.6 Å². The van der Waals surface area contributed by atoms with Gasteiger partial charge in [0, 0.05) is 10.4 Å². The highest BCUT2D eigenvalue weighted by molar-refractivity contribution is 7.92. The summed E-state index contributed by atoms with van der Waals surface area (Å²) in [4.78, 5) is 25.6. The zero-order valence-electron chi connectivity index (χ0n) is 15.1.